The molecule has 0 aliphatic heterocycles. The van der Waals surface area contributed by atoms with Gasteiger partial charge in [-0.05, 0) is 19.1 Å². The first-order chi connectivity index (χ1) is 7.20. The van der Waals surface area contributed by atoms with Crippen LogP contribution in [0.2, 0.25) is 0 Å². The van der Waals surface area contributed by atoms with Gasteiger partial charge in [0.25, 0.3) is 0 Å². The Kier molecular flexibility index (Phi) is 2.88. The second kappa shape index (κ2) is 4.16. The van der Waals surface area contributed by atoms with E-state index in [1.165, 1.54) is 5.56 Å². The molecule has 0 radical (unpaired) electrons. The zero-order chi connectivity index (χ0) is 10.8. The Morgan fingerprint density at radius 3 is 2.93 bits per heavy atom. The van der Waals surface area contributed by atoms with Crippen molar-refractivity contribution in [1.29, 1.82) is 0 Å². The van der Waals surface area contributed by atoms with Crippen LogP contribution >= 0.6 is 15.9 Å². The molecule has 0 aliphatic carbocycles. The third-order valence-corrected chi connectivity index (χ3v) is 2.81. The zero-order valence-electron chi connectivity index (χ0n) is 8.33. The maximum atomic E-state index is 5.49. The number of rotatable bonds is 2. The number of nitrogens with zero attached hydrogens (tertiary/aromatic N) is 1. The van der Waals surface area contributed by atoms with Crippen LogP contribution in [-0.2, 0) is 6.54 Å². The molecular weight excluding hydrogens is 256 g/mol. The summed E-state index contributed by atoms with van der Waals surface area (Å²) in [7, 11) is 0. The topological polar surface area (TPSA) is 52.0 Å². The van der Waals surface area contributed by atoms with E-state index in [1.54, 1.807) is 6.20 Å². The lowest BCUT2D eigenvalue weighted by molar-refractivity contribution is 0.509. The molecule has 0 spiro atoms. The first-order valence-corrected chi connectivity index (χ1v) is 5.41. The highest BCUT2D eigenvalue weighted by atomic mass is 79.9. The van der Waals surface area contributed by atoms with Gasteiger partial charge in [0.05, 0.1) is 12.7 Å². The maximum Gasteiger partial charge on any atom is 0.208 e. The molecular formula is C11H11BrN2O. The molecule has 1 aromatic heterocycles. The predicted molar refractivity (Wildman–Crippen MR) is 62.3 cm³/mol. The summed E-state index contributed by atoms with van der Waals surface area (Å²) in [4.78, 5) is 4.07. The predicted octanol–water partition coefficient (Wildman–Crippen LogP) is 2.87. The second-order valence-electron chi connectivity index (χ2n) is 3.31. The molecule has 1 aromatic carbocycles. The smallest absolute Gasteiger partial charge is 0.208 e. The molecule has 3 nitrogen and oxygen atoms in total. The van der Waals surface area contributed by atoms with E-state index < -0.39 is 0 Å². The van der Waals surface area contributed by atoms with Crippen molar-refractivity contribution in [2.75, 3.05) is 0 Å². The molecule has 0 amide bonds. The van der Waals surface area contributed by atoms with Gasteiger partial charge >= 0.3 is 0 Å². The van der Waals surface area contributed by atoms with Gasteiger partial charge in [-0.3, -0.25) is 0 Å². The van der Waals surface area contributed by atoms with E-state index in [0.29, 0.717) is 12.4 Å². The summed E-state index contributed by atoms with van der Waals surface area (Å²) in [6.07, 6.45) is 1.70. The largest absolute Gasteiger partial charge is 0.439 e. The Morgan fingerprint density at radius 2 is 2.27 bits per heavy atom. The van der Waals surface area contributed by atoms with Crippen molar-refractivity contribution in [2.24, 2.45) is 5.73 Å². The normalized spacial score (nSPS) is 10.6. The van der Waals surface area contributed by atoms with Gasteiger partial charge in [-0.2, -0.15) is 0 Å². The summed E-state index contributed by atoms with van der Waals surface area (Å²) >= 11 is 3.48. The minimum Gasteiger partial charge on any atom is -0.439 e. The van der Waals surface area contributed by atoms with Crippen LogP contribution in [0.25, 0.3) is 11.3 Å². The average Bonchev–Trinajstić information content (AvgIpc) is 2.70. The number of hydrogen-bond donors (Lipinski definition) is 1. The quantitative estimate of drug-likeness (QED) is 0.910. The first-order valence-electron chi connectivity index (χ1n) is 4.62. The Labute approximate surface area is 96.4 Å². The van der Waals surface area contributed by atoms with Crippen LogP contribution in [0.15, 0.2) is 33.3 Å². The molecule has 15 heavy (non-hydrogen) atoms. The summed E-state index contributed by atoms with van der Waals surface area (Å²) < 4.78 is 6.48. The first kappa shape index (κ1) is 10.4. The van der Waals surface area contributed by atoms with E-state index in [1.807, 2.05) is 25.1 Å². The molecule has 4 heteroatoms. The molecule has 0 saturated carbocycles. The number of aryl methyl sites for hydroxylation is 1. The minimum atomic E-state index is 0.323. The number of nitrogens with two attached hydrogens (primary N) is 1. The third-order valence-electron chi connectivity index (χ3n) is 2.12. The molecule has 0 fully saturated rings. The number of oxazole rings is 1. The molecule has 0 atom stereocenters. The van der Waals surface area contributed by atoms with Gasteiger partial charge in [0.2, 0.25) is 5.89 Å². The summed E-state index contributed by atoms with van der Waals surface area (Å²) in [6.45, 7) is 2.36. The highest BCUT2D eigenvalue weighted by Crippen LogP contribution is 2.29. The van der Waals surface area contributed by atoms with E-state index in [9.17, 15) is 0 Å². The highest BCUT2D eigenvalue weighted by Gasteiger charge is 2.08. The number of benzene rings is 1. The molecule has 2 N–H and O–H groups in total. The molecule has 2 aromatic rings. The van der Waals surface area contributed by atoms with E-state index in [4.69, 9.17) is 10.2 Å². The Hall–Kier alpha value is -1.13. The minimum absolute atomic E-state index is 0.323. The van der Waals surface area contributed by atoms with Crippen molar-refractivity contribution >= 4 is 15.9 Å². The SMILES string of the molecule is Cc1ccc(Br)c(-c2cnc(CN)o2)c1. The van der Waals surface area contributed by atoms with E-state index in [2.05, 4.69) is 20.9 Å². The summed E-state index contributed by atoms with van der Waals surface area (Å²) in [6, 6.07) is 6.08. The fourth-order valence-corrected chi connectivity index (χ4v) is 1.80. The summed E-state index contributed by atoms with van der Waals surface area (Å²) in [5.41, 5.74) is 7.62. The van der Waals surface area contributed by atoms with E-state index in [-0.39, 0.29) is 0 Å². The van der Waals surface area contributed by atoms with Crippen LogP contribution in [0.4, 0.5) is 0 Å². The number of halogens is 1. The van der Waals surface area contributed by atoms with E-state index >= 15 is 0 Å². The van der Waals surface area contributed by atoms with Gasteiger partial charge in [0.1, 0.15) is 0 Å². The van der Waals surface area contributed by atoms with E-state index in [0.717, 1.165) is 15.8 Å². The lowest BCUT2D eigenvalue weighted by atomic mass is 10.1. The monoisotopic (exact) mass is 266 g/mol. The number of aromatic nitrogens is 1. The maximum absolute atomic E-state index is 5.49. The standard InChI is InChI=1S/C11H11BrN2O/c1-7-2-3-9(12)8(4-7)10-6-14-11(5-13)15-10/h2-4,6H,5,13H2,1H3. The summed E-state index contributed by atoms with van der Waals surface area (Å²) in [5, 5.41) is 0. The molecule has 78 valence electrons. The van der Waals surface area contributed by atoms with Crippen LogP contribution < -0.4 is 5.73 Å². The molecule has 0 saturated heterocycles. The average molecular weight is 267 g/mol. The Morgan fingerprint density at radius 1 is 1.47 bits per heavy atom. The van der Waals surface area contributed by atoms with Crippen molar-refractivity contribution in [3.05, 3.63) is 40.3 Å². The van der Waals surface area contributed by atoms with Gasteiger partial charge in [-0.15, -0.1) is 0 Å². The van der Waals surface area contributed by atoms with Gasteiger partial charge < -0.3 is 10.2 Å². The van der Waals surface area contributed by atoms with Gasteiger partial charge in [-0.1, -0.05) is 27.6 Å². The van der Waals surface area contributed by atoms with Crippen LogP contribution in [-0.4, -0.2) is 4.98 Å². The van der Waals surface area contributed by atoms with Crippen LogP contribution in [0.1, 0.15) is 11.5 Å². The molecule has 0 bridgehead atoms. The lowest BCUT2D eigenvalue weighted by Crippen LogP contribution is -1.94. The van der Waals surface area contributed by atoms with Gasteiger partial charge in [0.15, 0.2) is 5.76 Å². The fourth-order valence-electron chi connectivity index (χ4n) is 1.36. The third kappa shape index (κ3) is 2.11. The van der Waals surface area contributed by atoms with Crippen LogP contribution in [0.5, 0.6) is 0 Å². The molecule has 2 rings (SSSR count). The van der Waals surface area contributed by atoms with Gasteiger partial charge in [-0.25, -0.2) is 4.98 Å². The highest BCUT2D eigenvalue weighted by molar-refractivity contribution is 9.10. The zero-order valence-corrected chi connectivity index (χ0v) is 9.91. The van der Waals surface area contributed by atoms with Crippen LogP contribution in [0, 0.1) is 6.92 Å². The summed E-state index contributed by atoms with van der Waals surface area (Å²) in [5.74, 6) is 1.30. The Balaban J connectivity index is 2.48. The molecule has 1 heterocycles. The van der Waals surface area contributed by atoms with Crippen molar-refractivity contribution in [1.82, 2.24) is 4.98 Å². The number of hydrogen-bond acceptors (Lipinski definition) is 3. The molecule has 0 unspecified atom stereocenters. The van der Waals surface area contributed by atoms with Gasteiger partial charge in [0, 0.05) is 10.0 Å². The van der Waals surface area contributed by atoms with Crippen molar-refractivity contribution in [2.45, 2.75) is 13.5 Å². The van der Waals surface area contributed by atoms with Crippen molar-refractivity contribution < 1.29 is 4.42 Å². The fraction of sp³-hybridized carbons (Fsp3) is 0.182. The van der Waals surface area contributed by atoms with Crippen LogP contribution in [0.3, 0.4) is 0 Å². The Bertz CT molecular complexity index is 479. The van der Waals surface area contributed by atoms with Crippen molar-refractivity contribution in [3.63, 3.8) is 0 Å². The molecule has 0 aliphatic rings. The van der Waals surface area contributed by atoms with Crippen molar-refractivity contribution in [3.8, 4) is 11.3 Å². The second-order valence-corrected chi connectivity index (χ2v) is 4.16. The lowest BCUT2D eigenvalue weighted by Gasteiger charge is -2.01.